The van der Waals surface area contributed by atoms with Crippen LogP contribution in [0.2, 0.25) is 0 Å². The molecule has 114 valence electrons. The summed E-state index contributed by atoms with van der Waals surface area (Å²) in [5.41, 5.74) is 2.03. The molecule has 0 bridgehead atoms. The highest BCUT2D eigenvalue weighted by Gasteiger charge is 2.11. The van der Waals surface area contributed by atoms with Crippen LogP contribution in [-0.2, 0) is 6.54 Å². The molecule has 0 spiro atoms. The molecule has 0 fully saturated rings. The lowest BCUT2D eigenvalue weighted by atomic mass is 10.3. The van der Waals surface area contributed by atoms with E-state index in [1.807, 2.05) is 29.1 Å². The van der Waals surface area contributed by atoms with E-state index < -0.39 is 0 Å². The lowest BCUT2D eigenvalue weighted by molar-refractivity contribution is 0.0923. The molecule has 1 amide bonds. The molecule has 22 heavy (non-hydrogen) atoms. The van der Waals surface area contributed by atoms with Crippen molar-refractivity contribution in [3.05, 3.63) is 51.8 Å². The van der Waals surface area contributed by atoms with Crippen LogP contribution >= 0.6 is 27.3 Å². The first-order valence-electron chi connectivity index (χ1n) is 6.75. The monoisotopic (exact) mass is 379 g/mol. The largest absolute Gasteiger partial charge is 0.444 e. The topological polar surface area (TPSA) is 60.1 Å². The Labute approximate surface area is 140 Å². The molecule has 0 aromatic carbocycles. The minimum atomic E-state index is -0.228. The predicted molar refractivity (Wildman–Crippen MR) is 89.0 cm³/mol. The van der Waals surface area contributed by atoms with Crippen LogP contribution in [0.5, 0.6) is 0 Å². The molecule has 0 saturated carbocycles. The van der Waals surface area contributed by atoms with Crippen molar-refractivity contribution >= 4 is 33.2 Å². The standard InChI is InChI=1S/C15H14BrN3O2S/c1-10-9-11(13-3-2-8-22-13)18-19(10)7-6-17-15(20)12-4-5-14(16)21-12/h2-5,8-9H,6-7H2,1H3,(H,17,20). The van der Waals surface area contributed by atoms with Crippen molar-refractivity contribution in [2.75, 3.05) is 6.54 Å². The van der Waals surface area contributed by atoms with Gasteiger partial charge in [0.25, 0.3) is 5.91 Å². The molecule has 0 saturated heterocycles. The fraction of sp³-hybridized carbons (Fsp3) is 0.200. The van der Waals surface area contributed by atoms with E-state index in [-0.39, 0.29) is 5.91 Å². The highest BCUT2D eigenvalue weighted by atomic mass is 79.9. The quantitative estimate of drug-likeness (QED) is 0.734. The maximum atomic E-state index is 11.9. The first-order valence-corrected chi connectivity index (χ1v) is 8.42. The third-order valence-corrected chi connectivity index (χ3v) is 4.48. The van der Waals surface area contributed by atoms with E-state index in [0.29, 0.717) is 23.5 Å². The number of hydrogen-bond donors (Lipinski definition) is 1. The number of nitrogens with zero attached hydrogens (tertiary/aromatic N) is 2. The number of carbonyl (C=O) groups is 1. The Morgan fingerprint density at radius 1 is 1.45 bits per heavy atom. The molecule has 0 unspecified atom stereocenters. The van der Waals surface area contributed by atoms with Crippen LogP contribution in [0.4, 0.5) is 0 Å². The highest BCUT2D eigenvalue weighted by molar-refractivity contribution is 9.10. The number of thiophene rings is 1. The summed E-state index contributed by atoms with van der Waals surface area (Å²) in [6.45, 7) is 3.12. The number of aryl methyl sites for hydroxylation is 1. The third kappa shape index (κ3) is 3.31. The normalized spacial score (nSPS) is 10.8. The van der Waals surface area contributed by atoms with Gasteiger partial charge in [-0.2, -0.15) is 5.10 Å². The van der Waals surface area contributed by atoms with E-state index in [1.54, 1.807) is 23.5 Å². The zero-order chi connectivity index (χ0) is 15.5. The molecular weight excluding hydrogens is 366 g/mol. The van der Waals surface area contributed by atoms with Crippen LogP contribution < -0.4 is 5.32 Å². The maximum absolute atomic E-state index is 11.9. The van der Waals surface area contributed by atoms with Gasteiger partial charge in [0, 0.05) is 12.2 Å². The summed E-state index contributed by atoms with van der Waals surface area (Å²) in [6, 6.07) is 9.44. The second kappa shape index (κ2) is 6.50. The molecule has 3 aromatic rings. The van der Waals surface area contributed by atoms with Gasteiger partial charge in [0.2, 0.25) is 0 Å². The predicted octanol–water partition coefficient (Wildman–Crippen LogP) is 3.71. The zero-order valence-electron chi connectivity index (χ0n) is 11.9. The maximum Gasteiger partial charge on any atom is 0.287 e. The van der Waals surface area contributed by atoms with Crippen molar-refractivity contribution in [1.82, 2.24) is 15.1 Å². The van der Waals surface area contributed by atoms with E-state index in [2.05, 4.69) is 32.4 Å². The first kappa shape index (κ1) is 15.1. The number of aromatic nitrogens is 2. The van der Waals surface area contributed by atoms with Crippen molar-refractivity contribution in [3.63, 3.8) is 0 Å². The van der Waals surface area contributed by atoms with Crippen LogP contribution in [0, 0.1) is 6.92 Å². The molecule has 7 heteroatoms. The summed E-state index contributed by atoms with van der Waals surface area (Å²) in [5.74, 6) is 0.0670. The van der Waals surface area contributed by atoms with Gasteiger partial charge in [0.1, 0.15) is 5.69 Å². The zero-order valence-corrected chi connectivity index (χ0v) is 14.3. The van der Waals surface area contributed by atoms with Gasteiger partial charge in [-0.1, -0.05) is 6.07 Å². The number of halogens is 1. The van der Waals surface area contributed by atoms with Gasteiger partial charge < -0.3 is 9.73 Å². The number of hydrogen-bond acceptors (Lipinski definition) is 4. The average Bonchev–Trinajstić information content (AvgIpc) is 3.20. The Balaban J connectivity index is 1.59. The van der Waals surface area contributed by atoms with E-state index in [9.17, 15) is 4.79 Å². The summed E-state index contributed by atoms with van der Waals surface area (Å²) in [7, 11) is 0. The molecular formula is C15H14BrN3O2S. The van der Waals surface area contributed by atoms with E-state index in [0.717, 1.165) is 16.3 Å². The molecule has 3 aromatic heterocycles. The Bertz CT molecular complexity index is 777. The van der Waals surface area contributed by atoms with Crippen molar-refractivity contribution in [3.8, 4) is 10.6 Å². The molecule has 3 rings (SSSR count). The van der Waals surface area contributed by atoms with Gasteiger partial charge in [-0.25, -0.2) is 0 Å². The Morgan fingerprint density at radius 3 is 3.00 bits per heavy atom. The van der Waals surface area contributed by atoms with Gasteiger partial charge >= 0.3 is 0 Å². The Morgan fingerprint density at radius 2 is 2.32 bits per heavy atom. The molecule has 3 heterocycles. The van der Waals surface area contributed by atoms with Crippen LogP contribution in [0.1, 0.15) is 16.2 Å². The molecule has 0 radical (unpaired) electrons. The Kier molecular flexibility index (Phi) is 4.44. The van der Waals surface area contributed by atoms with Crippen molar-refractivity contribution in [1.29, 1.82) is 0 Å². The number of furan rings is 1. The molecule has 0 aliphatic rings. The lowest BCUT2D eigenvalue weighted by Crippen LogP contribution is -2.27. The fourth-order valence-electron chi connectivity index (χ4n) is 2.08. The average molecular weight is 380 g/mol. The molecule has 1 N–H and O–H groups in total. The second-order valence-electron chi connectivity index (χ2n) is 4.73. The van der Waals surface area contributed by atoms with Crippen molar-refractivity contribution < 1.29 is 9.21 Å². The van der Waals surface area contributed by atoms with Gasteiger partial charge in [-0.05, 0) is 52.5 Å². The number of rotatable bonds is 5. The second-order valence-corrected chi connectivity index (χ2v) is 6.46. The van der Waals surface area contributed by atoms with Crippen LogP contribution in [-0.4, -0.2) is 22.2 Å². The van der Waals surface area contributed by atoms with Gasteiger partial charge in [0.05, 0.1) is 11.4 Å². The van der Waals surface area contributed by atoms with Crippen LogP contribution in [0.15, 0.2) is 44.8 Å². The fourth-order valence-corrected chi connectivity index (χ4v) is 3.07. The summed E-state index contributed by atoms with van der Waals surface area (Å²) in [5, 5.41) is 9.42. The van der Waals surface area contributed by atoms with Gasteiger partial charge in [-0.15, -0.1) is 11.3 Å². The SMILES string of the molecule is Cc1cc(-c2cccs2)nn1CCNC(=O)c1ccc(Br)o1. The highest BCUT2D eigenvalue weighted by Crippen LogP contribution is 2.23. The number of carbonyl (C=O) groups excluding carboxylic acids is 1. The third-order valence-electron chi connectivity index (χ3n) is 3.16. The molecule has 0 atom stereocenters. The summed E-state index contributed by atoms with van der Waals surface area (Å²) in [4.78, 5) is 13.0. The van der Waals surface area contributed by atoms with E-state index in [1.165, 1.54) is 0 Å². The van der Waals surface area contributed by atoms with Crippen LogP contribution in [0.3, 0.4) is 0 Å². The summed E-state index contributed by atoms with van der Waals surface area (Å²) < 4.78 is 7.65. The van der Waals surface area contributed by atoms with Crippen molar-refractivity contribution in [2.45, 2.75) is 13.5 Å². The number of nitrogens with one attached hydrogen (secondary N) is 1. The first-order chi connectivity index (χ1) is 10.6. The summed E-state index contributed by atoms with van der Waals surface area (Å²) in [6.07, 6.45) is 0. The molecule has 0 aliphatic heterocycles. The minimum Gasteiger partial charge on any atom is -0.444 e. The summed E-state index contributed by atoms with van der Waals surface area (Å²) >= 11 is 4.84. The number of amides is 1. The molecule has 5 nitrogen and oxygen atoms in total. The minimum absolute atomic E-state index is 0.228. The lowest BCUT2D eigenvalue weighted by Gasteiger charge is -2.05. The van der Waals surface area contributed by atoms with Crippen molar-refractivity contribution in [2.24, 2.45) is 0 Å². The smallest absolute Gasteiger partial charge is 0.287 e. The van der Waals surface area contributed by atoms with Gasteiger partial charge in [0.15, 0.2) is 10.4 Å². The Hall–Kier alpha value is -1.86. The van der Waals surface area contributed by atoms with E-state index >= 15 is 0 Å². The van der Waals surface area contributed by atoms with Crippen LogP contribution in [0.25, 0.3) is 10.6 Å². The molecule has 0 aliphatic carbocycles. The van der Waals surface area contributed by atoms with E-state index in [4.69, 9.17) is 4.42 Å². The van der Waals surface area contributed by atoms with Gasteiger partial charge in [-0.3, -0.25) is 9.48 Å².